The third kappa shape index (κ3) is 2.39. The van der Waals surface area contributed by atoms with Crippen molar-refractivity contribution in [1.29, 1.82) is 0 Å². The number of amides is 1. The SMILES string of the molecule is CC1(CNC(=O)C2(c3ccccc3)CC2)CCCN1. The van der Waals surface area contributed by atoms with E-state index in [0.717, 1.165) is 37.9 Å². The topological polar surface area (TPSA) is 41.1 Å². The standard InChI is InChI=1S/C16H22N2O/c1-15(8-5-11-18-15)12-17-14(19)16(9-10-16)13-6-3-2-4-7-13/h2-4,6-7,18H,5,8-12H2,1H3,(H,17,19). The van der Waals surface area contributed by atoms with Gasteiger partial charge in [-0.15, -0.1) is 0 Å². The van der Waals surface area contributed by atoms with Crippen LogP contribution in [0.25, 0.3) is 0 Å². The molecule has 0 aromatic heterocycles. The zero-order valence-corrected chi connectivity index (χ0v) is 11.5. The van der Waals surface area contributed by atoms with Crippen LogP contribution < -0.4 is 10.6 Å². The van der Waals surface area contributed by atoms with Gasteiger partial charge in [0.05, 0.1) is 5.41 Å². The van der Waals surface area contributed by atoms with Crippen molar-refractivity contribution in [3.63, 3.8) is 0 Å². The van der Waals surface area contributed by atoms with Gasteiger partial charge in [0.25, 0.3) is 0 Å². The molecule has 19 heavy (non-hydrogen) atoms. The Morgan fingerprint density at radius 2 is 2.00 bits per heavy atom. The predicted octanol–water partition coefficient (Wildman–Crippen LogP) is 1.98. The molecule has 0 bridgehead atoms. The summed E-state index contributed by atoms with van der Waals surface area (Å²) in [7, 11) is 0. The molecular weight excluding hydrogens is 236 g/mol. The van der Waals surface area contributed by atoms with Crippen LogP contribution in [0.15, 0.2) is 30.3 Å². The van der Waals surface area contributed by atoms with Gasteiger partial charge in [0.1, 0.15) is 0 Å². The van der Waals surface area contributed by atoms with Gasteiger partial charge >= 0.3 is 0 Å². The number of benzene rings is 1. The molecule has 1 amide bonds. The second-order valence-corrected chi connectivity index (χ2v) is 6.22. The summed E-state index contributed by atoms with van der Waals surface area (Å²) in [6.45, 7) is 4.00. The molecule has 1 aromatic carbocycles. The highest BCUT2D eigenvalue weighted by atomic mass is 16.2. The van der Waals surface area contributed by atoms with Crippen molar-refractivity contribution in [3.8, 4) is 0 Å². The summed E-state index contributed by atoms with van der Waals surface area (Å²) in [6, 6.07) is 10.2. The maximum Gasteiger partial charge on any atom is 0.230 e. The van der Waals surface area contributed by atoms with Gasteiger partial charge < -0.3 is 10.6 Å². The lowest BCUT2D eigenvalue weighted by atomic mass is 9.94. The molecule has 102 valence electrons. The molecule has 1 atom stereocenters. The average molecular weight is 258 g/mol. The predicted molar refractivity (Wildman–Crippen MR) is 76.0 cm³/mol. The van der Waals surface area contributed by atoms with Crippen LogP contribution in [0.1, 0.15) is 38.2 Å². The van der Waals surface area contributed by atoms with Crippen molar-refractivity contribution < 1.29 is 4.79 Å². The summed E-state index contributed by atoms with van der Waals surface area (Å²) in [5.74, 6) is 0.202. The number of carbonyl (C=O) groups is 1. The lowest BCUT2D eigenvalue weighted by molar-refractivity contribution is -0.123. The normalized spacial score (nSPS) is 28.1. The quantitative estimate of drug-likeness (QED) is 0.867. The first-order chi connectivity index (χ1) is 9.15. The first-order valence-corrected chi connectivity index (χ1v) is 7.24. The van der Waals surface area contributed by atoms with Crippen LogP contribution in [-0.4, -0.2) is 24.5 Å². The second kappa shape index (κ2) is 4.64. The Hall–Kier alpha value is -1.35. The van der Waals surface area contributed by atoms with Gasteiger partial charge in [0.2, 0.25) is 5.91 Å². The molecule has 3 nitrogen and oxygen atoms in total. The summed E-state index contributed by atoms with van der Waals surface area (Å²) in [5.41, 5.74) is 1.01. The van der Waals surface area contributed by atoms with Crippen LogP contribution in [-0.2, 0) is 10.2 Å². The summed E-state index contributed by atoms with van der Waals surface area (Å²) in [6.07, 6.45) is 4.31. The second-order valence-electron chi connectivity index (χ2n) is 6.22. The Labute approximate surface area is 114 Å². The van der Waals surface area contributed by atoms with Gasteiger partial charge in [0, 0.05) is 12.1 Å². The van der Waals surface area contributed by atoms with Crippen LogP contribution in [0.3, 0.4) is 0 Å². The third-order valence-corrected chi connectivity index (χ3v) is 4.61. The smallest absolute Gasteiger partial charge is 0.230 e. The molecule has 1 saturated heterocycles. The van der Waals surface area contributed by atoms with E-state index in [0.29, 0.717) is 0 Å². The zero-order valence-electron chi connectivity index (χ0n) is 11.5. The molecule has 2 N–H and O–H groups in total. The maximum absolute atomic E-state index is 12.5. The number of hydrogen-bond donors (Lipinski definition) is 2. The van der Waals surface area contributed by atoms with Crippen LogP contribution >= 0.6 is 0 Å². The lowest BCUT2D eigenvalue weighted by Gasteiger charge is -2.26. The molecule has 1 aliphatic carbocycles. The Morgan fingerprint density at radius 3 is 2.58 bits per heavy atom. The van der Waals surface area contributed by atoms with Crippen LogP contribution in [0.5, 0.6) is 0 Å². The van der Waals surface area contributed by atoms with Crippen LogP contribution in [0, 0.1) is 0 Å². The Kier molecular flexibility index (Phi) is 3.09. The molecule has 3 rings (SSSR count). The van der Waals surface area contributed by atoms with Gasteiger partial charge in [-0.1, -0.05) is 30.3 Å². The van der Waals surface area contributed by atoms with Gasteiger partial charge in [-0.3, -0.25) is 4.79 Å². The molecule has 1 aliphatic heterocycles. The van der Waals surface area contributed by atoms with E-state index in [1.165, 1.54) is 6.42 Å². The summed E-state index contributed by atoms with van der Waals surface area (Å²) in [5, 5.41) is 6.65. The van der Waals surface area contributed by atoms with E-state index in [-0.39, 0.29) is 16.9 Å². The van der Waals surface area contributed by atoms with Crippen molar-refractivity contribution in [2.45, 2.75) is 43.6 Å². The molecule has 2 fully saturated rings. The largest absolute Gasteiger partial charge is 0.353 e. The Balaban J connectivity index is 1.65. The third-order valence-electron chi connectivity index (χ3n) is 4.61. The molecule has 1 saturated carbocycles. The van der Waals surface area contributed by atoms with Gasteiger partial charge in [-0.2, -0.15) is 0 Å². The van der Waals surface area contributed by atoms with Crippen molar-refractivity contribution in [3.05, 3.63) is 35.9 Å². The first-order valence-electron chi connectivity index (χ1n) is 7.24. The van der Waals surface area contributed by atoms with Crippen LogP contribution in [0.4, 0.5) is 0 Å². The fourth-order valence-electron chi connectivity index (χ4n) is 3.08. The highest BCUT2D eigenvalue weighted by molar-refractivity contribution is 5.91. The van der Waals surface area contributed by atoms with E-state index in [4.69, 9.17) is 0 Å². The van der Waals surface area contributed by atoms with E-state index in [2.05, 4.69) is 29.7 Å². The van der Waals surface area contributed by atoms with Gasteiger partial charge in [0.15, 0.2) is 0 Å². The summed E-state index contributed by atoms with van der Waals surface area (Å²) >= 11 is 0. The summed E-state index contributed by atoms with van der Waals surface area (Å²) in [4.78, 5) is 12.5. The Bertz CT molecular complexity index is 459. The molecular formula is C16H22N2O. The zero-order chi connectivity index (χ0) is 13.3. The number of carbonyl (C=O) groups excluding carboxylic acids is 1. The van der Waals surface area contributed by atoms with E-state index < -0.39 is 0 Å². The van der Waals surface area contributed by atoms with Crippen molar-refractivity contribution >= 4 is 5.91 Å². The number of hydrogen-bond acceptors (Lipinski definition) is 2. The molecule has 1 heterocycles. The van der Waals surface area contributed by atoms with E-state index in [9.17, 15) is 4.79 Å². The molecule has 0 radical (unpaired) electrons. The fraction of sp³-hybridized carbons (Fsp3) is 0.562. The highest BCUT2D eigenvalue weighted by Crippen LogP contribution is 2.48. The van der Waals surface area contributed by atoms with Crippen molar-refractivity contribution in [2.75, 3.05) is 13.1 Å². The first kappa shape index (κ1) is 12.7. The van der Waals surface area contributed by atoms with E-state index in [1.807, 2.05) is 18.2 Å². The maximum atomic E-state index is 12.5. The number of rotatable bonds is 4. The molecule has 0 spiro atoms. The number of nitrogens with one attached hydrogen (secondary N) is 2. The Morgan fingerprint density at radius 1 is 1.26 bits per heavy atom. The van der Waals surface area contributed by atoms with Crippen LogP contribution in [0.2, 0.25) is 0 Å². The minimum Gasteiger partial charge on any atom is -0.353 e. The van der Waals surface area contributed by atoms with Gasteiger partial charge in [-0.25, -0.2) is 0 Å². The average Bonchev–Trinajstić information content (AvgIpc) is 3.15. The monoisotopic (exact) mass is 258 g/mol. The molecule has 1 aromatic rings. The van der Waals surface area contributed by atoms with Crippen molar-refractivity contribution in [2.24, 2.45) is 0 Å². The lowest BCUT2D eigenvalue weighted by Crippen LogP contribution is -2.49. The van der Waals surface area contributed by atoms with Gasteiger partial charge in [-0.05, 0) is 44.7 Å². The van der Waals surface area contributed by atoms with E-state index in [1.54, 1.807) is 0 Å². The summed E-state index contributed by atoms with van der Waals surface area (Å²) < 4.78 is 0. The highest BCUT2D eigenvalue weighted by Gasteiger charge is 2.51. The van der Waals surface area contributed by atoms with Crippen molar-refractivity contribution in [1.82, 2.24) is 10.6 Å². The molecule has 2 aliphatic rings. The molecule has 3 heteroatoms. The molecule has 1 unspecified atom stereocenters. The minimum atomic E-state index is -0.240. The van der Waals surface area contributed by atoms with E-state index >= 15 is 0 Å². The minimum absolute atomic E-state index is 0.0857. The fourth-order valence-corrected chi connectivity index (χ4v) is 3.08.